The third kappa shape index (κ3) is 3.82. The molecule has 0 aromatic carbocycles. The summed E-state index contributed by atoms with van der Waals surface area (Å²) in [6.07, 6.45) is 0.513. The van der Waals surface area contributed by atoms with E-state index in [9.17, 15) is 18.0 Å². The van der Waals surface area contributed by atoms with E-state index in [2.05, 4.69) is 5.32 Å². The van der Waals surface area contributed by atoms with Crippen LogP contribution in [0.3, 0.4) is 0 Å². The first-order valence-electron chi connectivity index (χ1n) is 6.28. The van der Waals surface area contributed by atoms with E-state index < -0.39 is 27.7 Å². The average Bonchev–Trinajstić information content (AvgIpc) is 2.81. The van der Waals surface area contributed by atoms with Crippen molar-refractivity contribution in [1.29, 1.82) is 0 Å². The summed E-state index contributed by atoms with van der Waals surface area (Å²) in [4.78, 5) is 22.0. The van der Waals surface area contributed by atoms with Gasteiger partial charge >= 0.3 is 5.97 Å². The number of amides is 1. The highest BCUT2D eigenvalue weighted by atomic mass is 32.2. The monoisotopic (exact) mass is 318 g/mol. The van der Waals surface area contributed by atoms with E-state index in [1.165, 1.54) is 14.0 Å². The minimum Gasteiger partial charge on any atom is -0.475 e. The number of aryl methyl sites for hydroxylation is 1. The topological polar surface area (TPSA) is 117 Å². The van der Waals surface area contributed by atoms with E-state index >= 15 is 0 Å². The maximum atomic E-state index is 12.5. The Hall–Kier alpha value is -1.87. The van der Waals surface area contributed by atoms with Crippen LogP contribution in [0.4, 0.5) is 0 Å². The van der Waals surface area contributed by atoms with E-state index in [-0.39, 0.29) is 23.7 Å². The SMILES string of the molecule is CCCN(CC(=O)NC)S(=O)(=O)c1cc(C(=O)O)oc1C. The summed E-state index contributed by atoms with van der Waals surface area (Å²) in [6.45, 7) is 2.95. The Balaban J connectivity index is 3.22. The molecule has 9 heteroatoms. The van der Waals surface area contributed by atoms with Crippen LogP contribution in [0.1, 0.15) is 29.7 Å². The summed E-state index contributed by atoms with van der Waals surface area (Å²) in [6, 6.07) is 0.958. The van der Waals surface area contributed by atoms with Crippen LogP contribution in [0.2, 0.25) is 0 Å². The molecule has 0 radical (unpaired) electrons. The van der Waals surface area contributed by atoms with Gasteiger partial charge in [-0.15, -0.1) is 0 Å². The van der Waals surface area contributed by atoms with Crippen LogP contribution in [0, 0.1) is 6.92 Å². The molecule has 0 fully saturated rings. The van der Waals surface area contributed by atoms with Crippen molar-refractivity contribution >= 4 is 21.9 Å². The van der Waals surface area contributed by atoms with Gasteiger partial charge in [-0.2, -0.15) is 4.31 Å². The van der Waals surface area contributed by atoms with Gasteiger partial charge in [-0.25, -0.2) is 13.2 Å². The summed E-state index contributed by atoms with van der Waals surface area (Å²) in [5.74, 6) is -2.28. The van der Waals surface area contributed by atoms with Gasteiger partial charge in [0, 0.05) is 19.7 Å². The lowest BCUT2D eigenvalue weighted by atomic mass is 10.4. The van der Waals surface area contributed by atoms with Crippen LogP contribution in [-0.2, 0) is 14.8 Å². The fraction of sp³-hybridized carbons (Fsp3) is 0.500. The van der Waals surface area contributed by atoms with E-state index in [1.54, 1.807) is 6.92 Å². The normalized spacial score (nSPS) is 11.6. The molecule has 0 spiro atoms. The number of nitrogens with one attached hydrogen (secondary N) is 1. The number of rotatable bonds is 7. The highest BCUT2D eigenvalue weighted by Gasteiger charge is 2.30. The van der Waals surface area contributed by atoms with Crippen molar-refractivity contribution < 1.29 is 27.5 Å². The lowest BCUT2D eigenvalue weighted by molar-refractivity contribution is -0.120. The Labute approximate surface area is 122 Å². The molecule has 1 rings (SSSR count). The van der Waals surface area contributed by atoms with Gasteiger partial charge in [-0.3, -0.25) is 4.79 Å². The third-order valence-electron chi connectivity index (χ3n) is 2.77. The Bertz CT molecular complexity index is 634. The van der Waals surface area contributed by atoms with Gasteiger partial charge in [0.05, 0.1) is 6.54 Å². The zero-order valence-corrected chi connectivity index (χ0v) is 12.9. The second-order valence-corrected chi connectivity index (χ2v) is 6.25. The Morgan fingerprint density at radius 2 is 2.05 bits per heavy atom. The molecular formula is C12H18N2O6S. The number of carboxylic acids is 1. The predicted molar refractivity (Wildman–Crippen MR) is 73.5 cm³/mol. The Morgan fingerprint density at radius 1 is 1.43 bits per heavy atom. The quantitative estimate of drug-likeness (QED) is 0.753. The molecule has 1 aromatic rings. The molecule has 21 heavy (non-hydrogen) atoms. The number of likely N-dealkylation sites (N-methyl/N-ethyl adjacent to an activating group) is 1. The second kappa shape index (κ2) is 6.72. The molecule has 0 aliphatic heterocycles. The standard InChI is InChI=1S/C12H18N2O6S/c1-4-5-14(7-11(15)13-3)21(18,19)10-6-9(12(16)17)20-8(10)2/h6H,4-5,7H2,1-3H3,(H,13,15)(H,16,17). The number of carbonyl (C=O) groups is 2. The predicted octanol–water partition coefficient (Wildman–Crippen LogP) is 0.433. The van der Waals surface area contributed by atoms with Crippen molar-refractivity contribution in [1.82, 2.24) is 9.62 Å². The van der Waals surface area contributed by atoms with Crippen molar-refractivity contribution in [2.75, 3.05) is 20.1 Å². The third-order valence-corrected chi connectivity index (χ3v) is 4.73. The molecule has 1 amide bonds. The molecule has 0 aliphatic carbocycles. The molecular weight excluding hydrogens is 300 g/mol. The second-order valence-electron chi connectivity index (χ2n) is 4.35. The average molecular weight is 318 g/mol. The van der Waals surface area contributed by atoms with E-state index in [0.29, 0.717) is 6.42 Å². The Morgan fingerprint density at radius 3 is 2.48 bits per heavy atom. The molecule has 0 atom stereocenters. The van der Waals surface area contributed by atoms with Crippen molar-refractivity contribution in [2.45, 2.75) is 25.2 Å². The number of hydrogen-bond acceptors (Lipinski definition) is 5. The van der Waals surface area contributed by atoms with Gasteiger partial charge in [0.2, 0.25) is 21.7 Å². The zero-order chi connectivity index (χ0) is 16.2. The summed E-state index contributed by atoms with van der Waals surface area (Å²) in [5.41, 5.74) is 0. The molecule has 0 unspecified atom stereocenters. The molecule has 0 bridgehead atoms. The molecule has 0 saturated heterocycles. The summed E-state index contributed by atoms with van der Waals surface area (Å²) in [5, 5.41) is 11.2. The lowest BCUT2D eigenvalue weighted by Gasteiger charge is -2.20. The number of aromatic carboxylic acids is 1. The fourth-order valence-corrected chi connectivity index (χ4v) is 3.39. The molecule has 0 aliphatic rings. The van der Waals surface area contributed by atoms with Gasteiger partial charge in [-0.1, -0.05) is 6.92 Å². The van der Waals surface area contributed by atoms with Crippen LogP contribution < -0.4 is 5.32 Å². The molecule has 2 N–H and O–H groups in total. The van der Waals surface area contributed by atoms with Crippen LogP contribution in [0.15, 0.2) is 15.4 Å². The zero-order valence-electron chi connectivity index (χ0n) is 12.0. The summed E-state index contributed by atoms with van der Waals surface area (Å²) >= 11 is 0. The minimum absolute atomic E-state index is 0.0228. The van der Waals surface area contributed by atoms with E-state index in [0.717, 1.165) is 10.4 Å². The first kappa shape index (κ1) is 17.2. The highest BCUT2D eigenvalue weighted by Crippen LogP contribution is 2.23. The molecule has 1 heterocycles. The number of nitrogens with zero attached hydrogens (tertiary/aromatic N) is 1. The number of sulfonamides is 1. The fourth-order valence-electron chi connectivity index (χ4n) is 1.74. The largest absolute Gasteiger partial charge is 0.475 e. The molecule has 8 nitrogen and oxygen atoms in total. The van der Waals surface area contributed by atoms with Gasteiger partial charge in [0.15, 0.2) is 0 Å². The molecule has 0 saturated carbocycles. The van der Waals surface area contributed by atoms with Crippen LogP contribution in [0.5, 0.6) is 0 Å². The smallest absolute Gasteiger partial charge is 0.371 e. The van der Waals surface area contributed by atoms with Crippen LogP contribution in [-0.4, -0.2) is 49.8 Å². The summed E-state index contributed by atoms with van der Waals surface area (Å²) in [7, 11) is -2.59. The van der Waals surface area contributed by atoms with Gasteiger partial charge < -0.3 is 14.8 Å². The first-order valence-corrected chi connectivity index (χ1v) is 7.72. The van der Waals surface area contributed by atoms with Crippen LogP contribution >= 0.6 is 0 Å². The molecule has 118 valence electrons. The van der Waals surface area contributed by atoms with Crippen molar-refractivity contribution in [3.8, 4) is 0 Å². The Kier molecular flexibility index (Phi) is 5.50. The van der Waals surface area contributed by atoms with E-state index in [1.807, 2.05) is 0 Å². The van der Waals surface area contributed by atoms with Gasteiger partial charge in [0.1, 0.15) is 10.7 Å². The van der Waals surface area contributed by atoms with Crippen molar-refractivity contribution in [3.05, 3.63) is 17.6 Å². The number of furan rings is 1. The number of hydrogen-bond donors (Lipinski definition) is 2. The number of carbonyl (C=O) groups excluding carboxylic acids is 1. The van der Waals surface area contributed by atoms with Crippen LogP contribution in [0.25, 0.3) is 0 Å². The maximum Gasteiger partial charge on any atom is 0.371 e. The summed E-state index contributed by atoms with van der Waals surface area (Å²) < 4.78 is 31.0. The maximum absolute atomic E-state index is 12.5. The highest BCUT2D eigenvalue weighted by molar-refractivity contribution is 7.89. The lowest BCUT2D eigenvalue weighted by Crippen LogP contribution is -2.40. The minimum atomic E-state index is -4.00. The van der Waals surface area contributed by atoms with Crippen molar-refractivity contribution in [2.24, 2.45) is 0 Å². The molecule has 1 aromatic heterocycles. The van der Waals surface area contributed by atoms with E-state index in [4.69, 9.17) is 9.52 Å². The number of carboxylic acid groups (broad SMARTS) is 1. The van der Waals surface area contributed by atoms with Gasteiger partial charge in [-0.05, 0) is 13.3 Å². The van der Waals surface area contributed by atoms with Crippen molar-refractivity contribution in [3.63, 3.8) is 0 Å². The van der Waals surface area contributed by atoms with Gasteiger partial charge in [0.25, 0.3) is 0 Å². The first-order chi connectivity index (χ1) is 9.73.